The van der Waals surface area contributed by atoms with Gasteiger partial charge >= 0.3 is 18.2 Å². The van der Waals surface area contributed by atoms with E-state index in [0.717, 1.165) is 12.1 Å². The van der Waals surface area contributed by atoms with Gasteiger partial charge in [-0.3, -0.25) is 4.79 Å². The van der Waals surface area contributed by atoms with Crippen LogP contribution < -0.4 is 0 Å². The molecule has 0 aromatic heterocycles. The zero-order valence-corrected chi connectivity index (χ0v) is 16.6. The predicted octanol–water partition coefficient (Wildman–Crippen LogP) is 3.71. The van der Waals surface area contributed by atoms with Gasteiger partial charge in [-0.2, -0.15) is 13.2 Å². The van der Waals surface area contributed by atoms with Crippen LogP contribution in [0.5, 0.6) is 0 Å². The molecule has 9 heteroatoms. The number of carboxylic acid groups (broad SMARTS) is 1. The molecule has 0 saturated carbocycles. The maximum absolute atomic E-state index is 12.9. The number of hydrogen-bond donors (Lipinski definition) is 2. The number of hydrogen-bond acceptors (Lipinski definition) is 4. The summed E-state index contributed by atoms with van der Waals surface area (Å²) in [6.45, 7) is 4.90. The van der Waals surface area contributed by atoms with Crippen LogP contribution in [0.3, 0.4) is 0 Å². The third-order valence-electron chi connectivity index (χ3n) is 4.98. The van der Waals surface area contributed by atoms with E-state index in [1.807, 2.05) is 0 Å². The van der Waals surface area contributed by atoms with E-state index >= 15 is 0 Å². The smallest absolute Gasteiger partial charge is 0.416 e. The maximum atomic E-state index is 12.9. The van der Waals surface area contributed by atoms with Crippen molar-refractivity contribution < 1.29 is 37.7 Å². The molecule has 1 heterocycles. The third-order valence-corrected chi connectivity index (χ3v) is 4.98. The van der Waals surface area contributed by atoms with E-state index in [1.54, 1.807) is 20.8 Å². The van der Waals surface area contributed by atoms with E-state index in [-0.39, 0.29) is 32.4 Å². The minimum Gasteiger partial charge on any atom is -0.481 e. The summed E-state index contributed by atoms with van der Waals surface area (Å²) in [6, 6.07) is 4.65. The Bertz CT molecular complexity index is 759. The van der Waals surface area contributed by atoms with Crippen molar-refractivity contribution in [3.05, 3.63) is 35.4 Å². The fourth-order valence-electron chi connectivity index (χ4n) is 3.40. The van der Waals surface area contributed by atoms with Gasteiger partial charge < -0.3 is 19.8 Å². The van der Waals surface area contributed by atoms with Gasteiger partial charge in [0.15, 0.2) is 0 Å². The van der Waals surface area contributed by atoms with Crippen LogP contribution in [0.1, 0.15) is 44.7 Å². The van der Waals surface area contributed by atoms with Gasteiger partial charge in [0.1, 0.15) is 11.0 Å². The zero-order valence-electron chi connectivity index (χ0n) is 16.6. The number of carbonyl (C=O) groups excluding carboxylic acids is 1. The molecule has 1 saturated heterocycles. The molecular weight excluding hydrogens is 391 g/mol. The Morgan fingerprint density at radius 3 is 2.48 bits per heavy atom. The monoisotopic (exact) mass is 417 g/mol. The summed E-state index contributed by atoms with van der Waals surface area (Å²) in [5.41, 5.74) is -2.97. The van der Waals surface area contributed by atoms with Gasteiger partial charge in [0.25, 0.3) is 0 Å². The number of benzene rings is 1. The van der Waals surface area contributed by atoms with E-state index in [9.17, 15) is 33.0 Å². The molecule has 1 aliphatic heterocycles. The van der Waals surface area contributed by atoms with E-state index in [2.05, 4.69) is 0 Å². The lowest BCUT2D eigenvalue weighted by atomic mass is 9.73. The van der Waals surface area contributed by atoms with Crippen LogP contribution >= 0.6 is 0 Å². The number of aliphatic hydroxyl groups is 1. The van der Waals surface area contributed by atoms with E-state index in [1.165, 1.54) is 17.0 Å². The van der Waals surface area contributed by atoms with Crippen LogP contribution in [0.2, 0.25) is 0 Å². The molecule has 0 radical (unpaired) electrons. The molecule has 2 atom stereocenters. The van der Waals surface area contributed by atoms with Crippen molar-refractivity contribution in [2.45, 2.75) is 57.9 Å². The Labute approximate surface area is 167 Å². The maximum Gasteiger partial charge on any atom is 0.416 e. The average molecular weight is 417 g/mol. The van der Waals surface area contributed by atoms with E-state index < -0.39 is 40.9 Å². The van der Waals surface area contributed by atoms with Gasteiger partial charge in [-0.15, -0.1) is 0 Å². The van der Waals surface area contributed by atoms with Gasteiger partial charge in [-0.05, 0) is 51.7 Å². The highest BCUT2D eigenvalue weighted by atomic mass is 19.4. The number of halogens is 3. The molecule has 162 valence electrons. The lowest BCUT2D eigenvalue weighted by molar-refractivity contribution is -0.163. The molecule has 0 spiro atoms. The Hall–Kier alpha value is -2.29. The van der Waals surface area contributed by atoms with Crippen LogP contribution in [0.4, 0.5) is 18.0 Å². The standard InChI is InChI=1S/C20H26F3NO5/c1-18(2,3)29-17(28)24-10-8-15(25)19(12-24,16(26)27)9-7-13-5-4-6-14(11-13)20(21,22)23/h4-6,11,15,25H,7-10,12H2,1-3H3,(H,26,27). The lowest BCUT2D eigenvalue weighted by Gasteiger charge is -2.43. The first-order valence-corrected chi connectivity index (χ1v) is 9.30. The summed E-state index contributed by atoms with van der Waals surface area (Å²) in [7, 11) is 0. The fraction of sp³-hybridized carbons (Fsp3) is 0.600. The molecule has 1 aliphatic rings. The topological polar surface area (TPSA) is 87.1 Å². The van der Waals surface area contributed by atoms with Crippen molar-refractivity contribution in [1.82, 2.24) is 4.90 Å². The second-order valence-electron chi connectivity index (χ2n) is 8.37. The minimum absolute atomic E-state index is 0.00936. The van der Waals surface area contributed by atoms with Gasteiger partial charge in [-0.25, -0.2) is 4.79 Å². The van der Waals surface area contributed by atoms with Crippen molar-refractivity contribution >= 4 is 12.1 Å². The number of rotatable bonds is 4. The van der Waals surface area contributed by atoms with Crippen LogP contribution in [0.15, 0.2) is 24.3 Å². The largest absolute Gasteiger partial charge is 0.481 e. The number of carboxylic acids is 1. The number of aliphatic carboxylic acids is 1. The normalized spacial score (nSPS) is 23.0. The van der Waals surface area contributed by atoms with E-state index in [4.69, 9.17) is 4.74 Å². The molecule has 1 amide bonds. The molecule has 1 aromatic rings. The Morgan fingerprint density at radius 1 is 1.28 bits per heavy atom. The predicted molar refractivity (Wildman–Crippen MR) is 98.3 cm³/mol. The molecule has 0 bridgehead atoms. The highest BCUT2D eigenvalue weighted by Gasteiger charge is 2.50. The van der Waals surface area contributed by atoms with Crippen LogP contribution in [0, 0.1) is 5.41 Å². The first-order chi connectivity index (χ1) is 13.2. The molecule has 0 aliphatic carbocycles. The average Bonchev–Trinajstić information content (AvgIpc) is 2.59. The van der Waals surface area contributed by atoms with Gasteiger partial charge in [0.05, 0.1) is 11.7 Å². The number of carbonyl (C=O) groups is 2. The van der Waals surface area contributed by atoms with E-state index in [0.29, 0.717) is 5.56 Å². The van der Waals surface area contributed by atoms with Crippen molar-refractivity contribution in [2.24, 2.45) is 5.41 Å². The fourth-order valence-corrected chi connectivity index (χ4v) is 3.40. The molecule has 29 heavy (non-hydrogen) atoms. The number of likely N-dealkylation sites (tertiary alicyclic amines) is 1. The van der Waals surface area contributed by atoms with Crippen molar-refractivity contribution in [3.8, 4) is 0 Å². The number of ether oxygens (including phenoxy) is 1. The molecule has 2 rings (SSSR count). The number of amides is 1. The molecule has 1 fully saturated rings. The van der Waals surface area contributed by atoms with Crippen molar-refractivity contribution in [1.29, 1.82) is 0 Å². The highest BCUT2D eigenvalue weighted by Crippen LogP contribution is 2.37. The molecule has 2 N–H and O–H groups in total. The van der Waals surface area contributed by atoms with Crippen molar-refractivity contribution in [2.75, 3.05) is 13.1 Å². The number of aryl methyl sites for hydroxylation is 1. The number of aliphatic hydroxyl groups excluding tert-OH is 1. The number of nitrogens with zero attached hydrogens (tertiary/aromatic N) is 1. The second-order valence-corrected chi connectivity index (χ2v) is 8.37. The Morgan fingerprint density at radius 2 is 1.93 bits per heavy atom. The molecule has 2 unspecified atom stereocenters. The first-order valence-electron chi connectivity index (χ1n) is 9.30. The van der Waals surface area contributed by atoms with Crippen LogP contribution in [0.25, 0.3) is 0 Å². The summed E-state index contributed by atoms with van der Waals surface area (Å²) in [6.07, 6.45) is -6.50. The van der Waals surface area contributed by atoms with Gasteiger partial charge in [-0.1, -0.05) is 18.2 Å². The Balaban J connectivity index is 2.21. The quantitative estimate of drug-likeness (QED) is 0.780. The van der Waals surface area contributed by atoms with Gasteiger partial charge in [0, 0.05) is 13.1 Å². The summed E-state index contributed by atoms with van der Waals surface area (Å²) in [4.78, 5) is 25.7. The lowest BCUT2D eigenvalue weighted by Crippen LogP contribution is -2.58. The summed E-state index contributed by atoms with van der Waals surface area (Å²) in [5.74, 6) is -1.30. The molecular formula is C20H26F3NO5. The summed E-state index contributed by atoms with van der Waals surface area (Å²) >= 11 is 0. The zero-order chi connectivity index (χ0) is 22.0. The Kier molecular flexibility index (Phi) is 6.51. The van der Waals surface area contributed by atoms with Crippen LogP contribution in [-0.4, -0.2) is 52.0 Å². The second kappa shape index (κ2) is 8.22. The number of alkyl halides is 3. The molecule has 1 aromatic carbocycles. The minimum atomic E-state index is -4.50. The first kappa shape index (κ1) is 23.0. The molecule has 6 nitrogen and oxygen atoms in total. The summed E-state index contributed by atoms with van der Waals surface area (Å²) < 4.78 is 44.0. The van der Waals surface area contributed by atoms with Crippen LogP contribution in [-0.2, 0) is 22.1 Å². The van der Waals surface area contributed by atoms with Crippen molar-refractivity contribution in [3.63, 3.8) is 0 Å². The SMILES string of the molecule is CC(C)(C)OC(=O)N1CCC(O)C(CCc2cccc(C(F)(F)F)c2)(C(=O)O)C1. The number of piperidine rings is 1. The third kappa shape index (κ3) is 5.62. The highest BCUT2D eigenvalue weighted by molar-refractivity contribution is 5.78. The van der Waals surface area contributed by atoms with Gasteiger partial charge in [0.2, 0.25) is 0 Å². The summed E-state index contributed by atoms with van der Waals surface area (Å²) in [5, 5.41) is 20.3.